The second-order valence-corrected chi connectivity index (χ2v) is 5.05. The minimum atomic E-state index is 0.283. The van der Waals surface area contributed by atoms with Crippen molar-refractivity contribution in [3.05, 3.63) is 0 Å². The van der Waals surface area contributed by atoms with Crippen LogP contribution in [-0.4, -0.2) is 23.7 Å². The lowest BCUT2D eigenvalue weighted by molar-refractivity contribution is 0.173. The van der Waals surface area contributed by atoms with Crippen molar-refractivity contribution in [1.82, 2.24) is 0 Å². The van der Waals surface area contributed by atoms with Crippen molar-refractivity contribution in [2.45, 2.75) is 38.0 Å². The fourth-order valence-corrected chi connectivity index (χ4v) is 2.98. The molecule has 0 bridgehead atoms. The Kier molecular flexibility index (Phi) is 4.16. The van der Waals surface area contributed by atoms with Crippen LogP contribution in [0.2, 0.25) is 0 Å². The van der Waals surface area contributed by atoms with E-state index >= 15 is 0 Å². The van der Waals surface area contributed by atoms with E-state index in [0.717, 1.165) is 6.61 Å². The van der Waals surface area contributed by atoms with Gasteiger partial charge in [0.25, 0.3) is 0 Å². The second kappa shape index (κ2) is 4.94. The minimum Gasteiger partial charge on any atom is -0.368 e. The molecule has 1 aliphatic heterocycles. The Bertz CT molecular complexity index is 128. The number of hydrogen-bond donors (Lipinski definition) is 0. The molecule has 1 aliphatic rings. The van der Waals surface area contributed by atoms with Crippen molar-refractivity contribution in [2.75, 3.05) is 12.4 Å². The van der Waals surface area contributed by atoms with Gasteiger partial charge in [-0.15, -0.1) is 0 Å². The van der Waals surface area contributed by atoms with Gasteiger partial charge in [-0.25, -0.2) is 0 Å². The zero-order valence-electron chi connectivity index (χ0n) is 7.34. The maximum Gasteiger partial charge on any atom is 0.0976 e. The van der Waals surface area contributed by atoms with Crippen LogP contribution in [0.3, 0.4) is 0 Å². The number of rotatable bonds is 4. The summed E-state index contributed by atoms with van der Waals surface area (Å²) >= 11 is 0. The van der Waals surface area contributed by atoms with Gasteiger partial charge in [0, 0.05) is 6.61 Å². The van der Waals surface area contributed by atoms with Crippen LogP contribution in [0.5, 0.6) is 0 Å². The van der Waals surface area contributed by atoms with E-state index in [2.05, 4.69) is 12.8 Å². The highest BCUT2D eigenvalue weighted by Gasteiger charge is 2.16. The lowest BCUT2D eigenvalue weighted by atomic mass is 10.4. The van der Waals surface area contributed by atoms with E-state index < -0.39 is 0 Å². The fourth-order valence-electron chi connectivity index (χ4n) is 1.27. The minimum absolute atomic E-state index is 0.283. The van der Waals surface area contributed by atoms with Crippen molar-refractivity contribution < 1.29 is 4.74 Å². The maximum absolute atomic E-state index is 5.56. The first-order valence-corrected chi connectivity index (χ1v) is 6.08. The van der Waals surface area contributed by atoms with Crippen LogP contribution in [0.1, 0.15) is 32.6 Å². The third kappa shape index (κ3) is 2.96. The van der Waals surface area contributed by atoms with Crippen molar-refractivity contribution in [3.8, 4) is 0 Å². The highest BCUT2D eigenvalue weighted by molar-refractivity contribution is 8.14. The predicted octanol–water partition coefficient (Wildman–Crippen LogP) is 2.62. The number of unbranched alkanes of at least 4 members (excludes halogenated alkanes) is 1. The molecule has 0 aliphatic carbocycles. The summed E-state index contributed by atoms with van der Waals surface area (Å²) in [6.45, 7) is 3.20. The van der Waals surface area contributed by atoms with E-state index in [-0.39, 0.29) is 10.5 Å². The van der Waals surface area contributed by atoms with Crippen LogP contribution in [0.4, 0.5) is 0 Å². The third-order valence-corrected chi connectivity index (χ3v) is 3.95. The van der Waals surface area contributed by atoms with Crippen LogP contribution < -0.4 is 0 Å². The SMILES string of the molecule is C=S(CCCC)C1CCCO1. The van der Waals surface area contributed by atoms with Crippen LogP contribution in [0, 0.1) is 0 Å². The molecule has 0 aromatic heterocycles. The van der Waals surface area contributed by atoms with Gasteiger partial charge in [0.05, 0.1) is 5.44 Å². The fraction of sp³-hybridized carbons (Fsp3) is 0.889. The van der Waals surface area contributed by atoms with E-state index in [4.69, 9.17) is 4.74 Å². The van der Waals surface area contributed by atoms with E-state index in [0.29, 0.717) is 5.44 Å². The molecule has 1 nitrogen and oxygen atoms in total. The number of hydrogen-bond acceptors (Lipinski definition) is 1. The molecule has 11 heavy (non-hydrogen) atoms. The molecule has 0 saturated carbocycles. The van der Waals surface area contributed by atoms with E-state index in [9.17, 15) is 0 Å². The van der Waals surface area contributed by atoms with Gasteiger partial charge in [0.1, 0.15) is 0 Å². The van der Waals surface area contributed by atoms with Crippen molar-refractivity contribution in [1.29, 1.82) is 0 Å². The molecule has 0 amide bonds. The normalized spacial score (nSPS) is 27.2. The van der Waals surface area contributed by atoms with Crippen LogP contribution in [0.15, 0.2) is 0 Å². The summed E-state index contributed by atoms with van der Waals surface area (Å²) in [5.74, 6) is 5.43. The third-order valence-electron chi connectivity index (χ3n) is 2.02. The average Bonchev–Trinajstić information content (AvgIpc) is 2.52. The molecule has 1 saturated heterocycles. The first kappa shape index (κ1) is 9.27. The van der Waals surface area contributed by atoms with E-state index in [1.807, 2.05) is 0 Å². The molecule has 66 valence electrons. The van der Waals surface area contributed by atoms with Gasteiger partial charge in [-0.3, -0.25) is 0 Å². The van der Waals surface area contributed by atoms with Crippen LogP contribution in [0.25, 0.3) is 0 Å². The summed E-state index contributed by atoms with van der Waals surface area (Å²) in [4.78, 5) is 0. The van der Waals surface area contributed by atoms with E-state index in [1.165, 1.54) is 31.4 Å². The van der Waals surface area contributed by atoms with Gasteiger partial charge < -0.3 is 4.74 Å². The molecule has 0 spiro atoms. The zero-order valence-corrected chi connectivity index (χ0v) is 8.16. The van der Waals surface area contributed by atoms with Crippen molar-refractivity contribution >= 4 is 16.4 Å². The molecule has 0 radical (unpaired) electrons. The molecule has 1 fully saturated rings. The van der Waals surface area contributed by atoms with Gasteiger partial charge in [-0.1, -0.05) is 19.2 Å². The Balaban J connectivity index is 2.17. The molecular formula is C9H18OS. The number of ether oxygens (including phenoxy) is 1. The van der Waals surface area contributed by atoms with Gasteiger partial charge in [-0.2, -0.15) is 10.5 Å². The van der Waals surface area contributed by atoms with E-state index in [1.54, 1.807) is 0 Å². The largest absolute Gasteiger partial charge is 0.368 e. The molecule has 0 N–H and O–H groups in total. The van der Waals surface area contributed by atoms with Gasteiger partial charge in [0.2, 0.25) is 0 Å². The van der Waals surface area contributed by atoms with Crippen LogP contribution >= 0.6 is 10.5 Å². The lowest BCUT2D eigenvalue weighted by Crippen LogP contribution is -2.03. The Morgan fingerprint density at radius 3 is 3.00 bits per heavy atom. The Hall–Kier alpha value is 0.180. The summed E-state index contributed by atoms with van der Waals surface area (Å²) in [7, 11) is 0.283. The molecule has 2 atom stereocenters. The molecule has 0 aromatic carbocycles. The van der Waals surface area contributed by atoms with Gasteiger partial charge in [0.15, 0.2) is 0 Å². The summed E-state index contributed by atoms with van der Waals surface area (Å²) in [6, 6.07) is 0. The monoisotopic (exact) mass is 174 g/mol. The highest BCUT2D eigenvalue weighted by atomic mass is 32.2. The second-order valence-electron chi connectivity index (χ2n) is 3.04. The highest BCUT2D eigenvalue weighted by Crippen LogP contribution is 2.29. The first-order valence-electron chi connectivity index (χ1n) is 4.45. The van der Waals surface area contributed by atoms with Gasteiger partial charge >= 0.3 is 0 Å². The summed E-state index contributed by atoms with van der Waals surface area (Å²) in [5.41, 5.74) is 0.501. The topological polar surface area (TPSA) is 9.23 Å². The Labute approximate surface area is 72.1 Å². The molecule has 2 unspecified atom stereocenters. The molecular weight excluding hydrogens is 156 g/mol. The quantitative estimate of drug-likeness (QED) is 0.595. The van der Waals surface area contributed by atoms with Crippen molar-refractivity contribution in [2.24, 2.45) is 0 Å². The van der Waals surface area contributed by atoms with Gasteiger partial charge in [-0.05, 0) is 25.0 Å². The zero-order chi connectivity index (χ0) is 8.10. The molecule has 1 heterocycles. The summed E-state index contributed by atoms with van der Waals surface area (Å²) in [6.07, 6.45) is 5.09. The maximum atomic E-state index is 5.56. The Morgan fingerprint density at radius 1 is 1.64 bits per heavy atom. The summed E-state index contributed by atoms with van der Waals surface area (Å²) < 4.78 is 5.56. The summed E-state index contributed by atoms with van der Waals surface area (Å²) in [5, 5.41) is 0. The van der Waals surface area contributed by atoms with Crippen LogP contribution in [-0.2, 0) is 4.74 Å². The molecule has 0 aromatic rings. The predicted molar refractivity (Wildman–Crippen MR) is 53.5 cm³/mol. The average molecular weight is 174 g/mol. The van der Waals surface area contributed by atoms with Crippen molar-refractivity contribution in [3.63, 3.8) is 0 Å². The molecule has 1 rings (SSSR count). The smallest absolute Gasteiger partial charge is 0.0976 e. The standard InChI is InChI=1S/C9H18OS/c1-3-4-8-11(2)9-6-5-7-10-9/h9H,2-8H2,1H3. The Morgan fingerprint density at radius 2 is 2.45 bits per heavy atom. The molecule has 2 heteroatoms. The lowest BCUT2D eigenvalue weighted by Gasteiger charge is -2.13. The first-order chi connectivity index (χ1) is 5.34.